The molecule has 3 N–H and O–H groups in total. The van der Waals surface area contributed by atoms with Crippen molar-refractivity contribution in [3.05, 3.63) is 18.2 Å². The largest absolute Gasteiger partial charge is 0.397 e. The lowest BCUT2D eigenvalue weighted by Crippen LogP contribution is -2.44. The molecule has 0 radical (unpaired) electrons. The average molecular weight is 352 g/mol. The number of rotatable bonds is 2. The number of carbonyl (C=O) groups is 1. The van der Waals surface area contributed by atoms with Gasteiger partial charge >= 0.3 is 0 Å². The van der Waals surface area contributed by atoms with Crippen molar-refractivity contribution in [1.29, 1.82) is 0 Å². The molecule has 1 aliphatic rings. The van der Waals surface area contributed by atoms with Crippen molar-refractivity contribution in [1.82, 2.24) is 4.90 Å². The van der Waals surface area contributed by atoms with Crippen molar-refractivity contribution < 1.29 is 4.79 Å². The van der Waals surface area contributed by atoms with Gasteiger partial charge in [-0.15, -0.1) is 0 Å². The molecule has 116 valence electrons. The number of amides is 1. The Hall–Kier alpha value is -0.880. The van der Waals surface area contributed by atoms with Gasteiger partial charge in [0.2, 0.25) is 0 Å². The van der Waals surface area contributed by atoms with E-state index in [1.165, 1.54) is 0 Å². The average Bonchev–Trinajstić information content (AvgIpc) is 2.39. The minimum atomic E-state index is -2.00. The number of nitrogens with zero attached hydrogens (tertiary/aromatic N) is 2. The number of nitrogens with two attached hydrogens (primary N) is 1. The number of nitrogen functional groups attached to an aromatic ring is 1. The summed E-state index contributed by atoms with van der Waals surface area (Å²) in [5.41, 5.74) is 8.11. The Kier molecular flexibility index (Phi) is 5.09. The van der Waals surface area contributed by atoms with Crippen LogP contribution in [0.25, 0.3) is 0 Å². The second-order valence-corrected chi connectivity index (χ2v) is 7.30. The van der Waals surface area contributed by atoms with Gasteiger partial charge in [0.25, 0.3) is 9.70 Å². The lowest BCUT2D eigenvalue weighted by atomic mass is 10.2. The van der Waals surface area contributed by atoms with Crippen molar-refractivity contribution in [2.24, 2.45) is 0 Å². The fraction of sp³-hybridized carbons (Fsp3) is 0.462. The minimum Gasteiger partial charge on any atom is -0.397 e. The molecule has 1 fully saturated rings. The molecule has 1 aromatic rings. The molecule has 0 atom stereocenters. The number of alkyl halides is 3. The first-order chi connectivity index (χ1) is 9.77. The first kappa shape index (κ1) is 16.5. The van der Waals surface area contributed by atoms with Crippen LogP contribution in [0.15, 0.2) is 18.2 Å². The number of piperazine rings is 1. The van der Waals surface area contributed by atoms with Gasteiger partial charge in [0.1, 0.15) is 0 Å². The van der Waals surface area contributed by atoms with Crippen LogP contribution in [-0.2, 0) is 4.79 Å². The topological polar surface area (TPSA) is 61.6 Å². The van der Waals surface area contributed by atoms with Crippen LogP contribution in [-0.4, -0.2) is 47.8 Å². The van der Waals surface area contributed by atoms with Crippen LogP contribution in [0.2, 0.25) is 0 Å². The van der Waals surface area contributed by atoms with E-state index in [2.05, 4.69) is 22.2 Å². The number of benzene rings is 1. The molecule has 0 aliphatic carbocycles. The van der Waals surface area contributed by atoms with E-state index in [9.17, 15) is 4.79 Å². The highest BCUT2D eigenvalue weighted by atomic mass is 35.6. The normalized spacial score (nSPS) is 16.9. The van der Waals surface area contributed by atoms with Crippen molar-refractivity contribution in [2.45, 2.75) is 3.79 Å². The summed E-state index contributed by atoms with van der Waals surface area (Å²) in [6, 6.07) is 5.29. The highest BCUT2D eigenvalue weighted by Crippen LogP contribution is 2.30. The number of anilines is 3. The van der Waals surface area contributed by atoms with Gasteiger partial charge in [-0.2, -0.15) is 0 Å². The van der Waals surface area contributed by atoms with E-state index in [0.29, 0.717) is 11.4 Å². The lowest BCUT2D eigenvalue weighted by Gasteiger charge is -2.34. The Bertz CT molecular complexity index is 525. The Morgan fingerprint density at radius 3 is 2.38 bits per heavy atom. The van der Waals surface area contributed by atoms with Crippen LogP contribution < -0.4 is 16.0 Å². The molecule has 2 rings (SSSR count). The van der Waals surface area contributed by atoms with Crippen molar-refractivity contribution in [3.63, 3.8) is 0 Å². The zero-order valence-corrected chi connectivity index (χ0v) is 13.8. The summed E-state index contributed by atoms with van der Waals surface area (Å²) >= 11 is 16.5. The molecular formula is C13H17Cl3N4O. The third kappa shape index (κ3) is 4.30. The van der Waals surface area contributed by atoms with Gasteiger partial charge in [0.15, 0.2) is 0 Å². The van der Waals surface area contributed by atoms with Gasteiger partial charge in [0.05, 0.1) is 11.4 Å². The maximum absolute atomic E-state index is 11.6. The van der Waals surface area contributed by atoms with Crippen LogP contribution in [0.4, 0.5) is 17.1 Å². The van der Waals surface area contributed by atoms with Crippen molar-refractivity contribution >= 4 is 57.8 Å². The van der Waals surface area contributed by atoms with E-state index >= 15 is 0 Å². The van der Waals surface area contributed by atoms with Gasteiger partial charge in [-0.1, -0.05) is 34.8 Å². The molecule has 1 aromatic carbocycles. The molecule has 1 aliphatic heterocycles. The predicted molar refractivity (Wildman–Crippen MR) is 89.5 cm³/mol. The van der Waals surface area contributed by atoms with E-state index in [1.54, 1.807) is 12.1 Å². The zero-order valence-electron chi connectivity index (χ0n) is 11.6. The van der Waals surface area contributed by atoms with Gasteiger partial charge in [-0.05, 0) is 25.2 Å². The SMILES string of the molecule is CN1CCN(c2ccc(NC(=O)C(Cl)(Cl)Cl)cc2N)CC1. The Morgan fingerprint density at radius 1 is 1.24 bits per heavy atom. The Morgan fingerprint density at radius 2 is 1.86 bits per heavy atom. The van der Waals surface area contributed by atoms with Gasteiger partial charge in [0, 0.05) is 31.9 Å². The maximum Gasteiger partial charge on any atom is 0.276 e. The number of hydrogen-bond donors (Lipinski definition) is 2. The molecule has 21 heavy (non-hydrogen) atoms. The standard InChI is InChI=1S/C13H17Cl3N4O/c1-19-4-6-20(7-5-19)11-3-2-9(8-10(11)17)18-12(21)13(14,15)16/h2-3,8H,4-7,17H2,1H3,(H,18,21). The second-order valence-electron chi connectivity index (χ2n) is 5.02. The Labute approximate surface area is 138 Å². The summed E-state index contributed by atoms with van der Waals surface area (Å²) in [7, 11) is 2.09. The summed E-state index contributed by atoms with van der Waals surface area (Å²) in [4.78, 5) is 16.1. The molecule has 0 unspecified atom stereocenters. The quantitative estimate of drug-likeness (QED) is 0.634. The molecule has 1 heterocycles. The molecule has 0 aromatic heterocycles. The third-order valence-corrected chi connectivity index (χ3v) is 3.90. The zero-order chi connectivity index (χ0) is 15.6. The van der Waals surface area contributed by atoms with Gasteiger partial charge < -0.3 is 20.9 Å². The van der Waals surface area contributed by atoms with E-state index in [1.807, 2.05) is 6.07 Å². The van der Waals surface area contributed by atoms with Crippen LogP contribution in [0, 0.1) is 0 Å². The van der Waals surface area contributed by atoms with Crippen molar-refractivity contribution in [2.75, 3.05) is 49.2 Å². The highest BCUT2D eigenvalue weighted by Gasteiger charge is 2.30. The first-order valence-corrected chi connectivity index (χ1v) is 7.62. The molecule has 5 nitrogen and oxygen atoms in total. The maximum atomic E-state index is 11.6. The third-order valence-electron chi connectivity index (χ3n) is 3.39. The highest BCUT2D eigenvalue weighted by molar-refractivity contribution is 6.76. The number of likely N-dealkylation sites (N-methyl/N-ethyl adjacent to an activating group) is 1. The van der Waals surface area contributed by atoms with Gasteiger partial charge in [-0.3, -0.25) is 4.79 Å². The number of carbonyl (C=O) groups excluding carboxylic acids is 1. The van der Waals surface area contributed by atoms with E-state index in [0.717, 1.165) is 31.9 Å². The monoisotopic (exact) mass is 350 g/mol. The smallest absolute Gasteiger partial charge is 0.276 e. The molecule has 1 amide bonds. The molecule has 0 spiro atoms. The summed E-state index contributed by atoms with van der Waals surface area (Å²) in [5.74, 6) is -0.709. The van der Waals surface area contributed by atoms with E-state index in [-0.39, 0.29) is 0 Å². The fourth-order valence-electron chi connectivity index (χ4n) is 2.17. The summed E-state index contributed by atoms with van der Waals surface area (Å²) in [5, 5.41) is 2.52. The Balaban J connectivity index is 2.09. The molecular weight excluding hydrogens is 335 g/mol. The summed E-state index contributed by atoms with van der Waals surface area (Å²) < 4.78 is -2.00. The molecule has 8 heteroatoms. The molecule has 0 bridgehead atoms. The first-order valence-electron chi connectivity index (χ1n) is 6.48. The summed E-state index contributed by atoms with van der Waals surface area (Å²) in [6.45, 7) is 3.82. The van der Waals surface area contributed by atoms with Crippen LogP contribution in [0.1, 0.15) is 0 Å². The van der Waals surface area contributed by atoms with E-state index in [4.69, 9.17) is 40.5 Å². The van der Waals surface area contributed by atoms with Gasteiger partial charge in [-0.25, -0.2) is 0 Å². The number of nitrogens with one attached hydrogen (secondary N) is 1. The lowest BCUT2D eigenvalue weighted by molar-refractivity contribution is -0.115. The summed E-state index contributed by atoms with van der Waals surface area (Å²) in [6.07, 6.45) is 0. The predicted octanol–water partition coefficient (Wildman–Crippen LogP) is 2.33. The fourth-order valence-corrected chi connectivity index (χ4v) is 2.31. The van der Waals surface area contributed by atoms with Crippen LogP contribution in [0.3, 0.4) is 0 Å². The number of hydrogen-bond acceptors (Lipinski definition) is 4. The molecule has 0 saturated carbocycles. The molecule has 1 saturated heterocycles. The van der Waals surface area contributed by atoms with E-state index < -0.39 is 9.70 Å². The van der Waals surface area contributed by atoms with Crippen LogP contribution in [0.5, 0.6) is 0 Å². The number of halogens is 3. The van der Waals surface area contributed by atoms with Crippen molar-refractivity contribution in [3.8, 4) is 0 Å². The second kappa shape index (κ2) is 6.48. The van der Waals surface area contributed by atoms with Crippen LogP contribution >= 0.6 is 34.8 Å². The minimum absolute atomic E-state index is 0.502.